The maximum absolute atomic E-state index is 11.6. The Hall–Kier alpha value is -0.545. The fourth-order valence-electron chi connectivity index (χ4n) is 1.83. The van der Waals surface area contributed by atoms with E-state index in [9.17, 15) is 19.8 Å². The fourth-order valence-corrected chi connectivity index (χ4v) is 2.93. The summed E-state index contributed by atoms with van der Waals surface area (Å²) in [6, 6.07) is 0. The Morgan fingerprint density at radius 2 is 2.06 bits per heavy atom. The van der Waals surface area contributed by atoms with Gasteiger partial charge in [0.2, 0.25) is 0 Å². The molecule has 0 unspecified atom stereocenters. The molecule has 8 nitrogen and oxygen atoms in total. The van der Waals surface area contributed by atoms with Gasteiger partial charge in [0.1, 0.15) is 0 Å². The Kier molecular flexibility index (Phi) is 4.02. The number of aliphatic hydroxyl groups excluding tert-OH is 3. The SMILES string of the molecule is O=c1[nH]c(=O)n([C@@H]2O[C@H](CO)[C@@H](O)[C@H]2O)c[c]1[Hg]. The van der Waals surface area contributed by atoms with Crippen LogP contribution >= 0.6 is 0 Å². The van der Waals surface area contributed by atoms with Crippen molar-refractivity contribution in [3.8, 4) is 0 Å². The molecule has 2 heterocycles. The summed E-state index contributed by atoms with van der Waals surface area (Å²) in [4.78, 5) is 25.0. The average Bonchev–Trinajstić information content (AvgIpc) is 2.61. The molecule has 0 bridgehead atoms. The van der Waals surface area contributed by atoms with Gasteiger partial charge in [0.25, 0.3) is 0 Å². The van der Waals surface area contributed by atoms with Gasteiger partial charge in [-0.05, 0) is 0 Å². The first-order valence-corrected chi connectivity index (χ1v) is 8.00. The molecule has 0 aromatic carbocycles. The van der Waals surface area contributed by atoms with Crippen molar-refractivity contribution >= 4 is 3.07 Å². The second-order valence-electron chi connectivity index (χ2n) is 4.05. The van der Waals surface area contributed by atoms with Crippen LogP contribution in [0.25, 0.3) is 0 Å². The number of aromatic amines is 1. The van der Waals surface area contributed by atoms with Crippen molar-refractivity contribution in [2.24, 2.45) is 0 Å². The summed E-state index contributed by atoms with van der Waals surface area (Å²) in [5.41, 5.74) is -1.16. The summed E-state index contributed by atoms with van der Waals surface area (Å²) in [5, 5.41) is 28.3. The van der Waals surface area contributed by atoms with Gasteiger partial charge < -0.3 is 0 Å². The standard InChI is InChI=1S/C9H11N2O6.Hg/c12-3-4-6(14)7(15)8(17-4)11-2-1-5(13)10-9(11)16;/h2,4,6-8,12,14-15H,3H2,(H,10,13,16);/t4-,6-,7-,8-;/m1./s1. The summed E-state index contributed by atoms with van der Waals surface area (Å²) in [6.45, 7) is -0.468. The van der Waals surface area contributed by atoms with E-state index in [1.165, 1.54) is 6.20 Å². The van der Waals surface area contributed by atoms with Crippen LogP contribution in [0.2, 0.25) is 0 Å². The Morgan fingerprint density at radius 1 is 1.39 bits per heavy atom. The molecule has 0 amide bonds. The number of hydrogen-bond donors (Lipinski definition) is 4. The first-order valence-electron chi connectivity index (χ1n) is 5.25. The molecule has 95 valence electrons. The average molecular weight is 444 g/mol. The quantitative estimate of drug-likeness (QED) is 0.349. The molecule has 0 spiro atoms. The Balaban J connectivity index is 2.42. The number of ether oxygens (including phenoxy) is 1. The molecule has 2 rings (SSSR count). The molecule has 1 fully saturated rings. The molecule has 9 heteroatoms. The van der Waals surface area contributed by atoms with E-state index in [0.717, 1.165) is 4.57 Å². The molecule has 0 saturated carbocycles. The van der Waals surface area contributed by atoms with E-state index in [1.807, 2.05) is 0 Å². The molecular formula is C9H11HgN2O6. The monoisotopic (exact) mass is 445 g/mol. The van der Waals surface area contributed by atoms with Crippen molar-refractivity contribution < 1.29 is 46.2 Å². The minimum atomic E-state index is -1.33. The second kappa shape index (κ2) is 5.21. The van der Waals surface area contributed by atoms with E-state index < -0.39 is 42.4 Å². The van der Waals surface area contributed by atoms with Crippen LogP contribution in [0.3, 0.4) is 0 Å². The van der Waals surface area contributed by atoms with Gasteiger partial charge >= 0.3 is 117 Å². The summed E-state index contributed by atoms with van der Waals surface area (Å²) in [6.07, 6.45) is -3.35. The third-order valence-electron chi connectivity index (χ3n) is 2.83. The third-order valence-corrected chi connectivity index (χ3v) is 4.79. The van der Waals surface area contributed by atoms with Crippen molar-refractivity contribution in [1.82, 2.24) is 9.55 Å². The number of aliphatic hydroxyl groups is 3. The Bertz CT molecular complexity index is 555. The molecular weight excluding hydrogens is 433 g/mol. The summed E-state index contributed by atoms with van der Waals surface area (Å²) < 4.78 is 6.71. The zero-order valence-corrected chi connectivity index (χ0v) is 14.8. The van der Waals surface area contributed by atoms with Gasteiger partial charge in [-0.15, -0.1) is 0 Å². The van der Waals surface area contributed by atoms with E-state index in [-0.39, 0.29) is 26.1 Å². The van der Waals surface area contributed by atoms with E-state index in [0.29, 0.717) is 3.07 Å². The number of H-pyrrole nitrogens is 1. The van der Waals surface area contributed by atoms with Gasteiger partial charge in [0.15, 0.2) is 0 Å². The Labute approximate surface area is 117 Å². The molecule has 1 aliphatic rings. The molecule has 1 aromatic rings. The topological polar surface area (TPSA) is 125 Å². The summed E-state index contributed by atoms with van der Waals surface area (Å²) in [5.74, 6) is 0. The van der Waals surface area contributed by atoms with Crippen LogP contribution in [0.1, 0.15) is 6.23 Å². The number of nitrogens with zero attached hydrogens (tertiary/aromatic N) is 1. The van der Waals surface area contributed by atoms with Gasteiger partial charge in [-0.2, -0.15) is 0 Å². The van der Waals surface area contributed by atoms with Crippen molar-refractivity contribution in [2.75, 3.05) is 6.61 Å². The molecule has 4 atom stereocenters. The van der Waals surface area contributed by atoms with Gasteiger partial charge in [-0.25, -0.2) is 0 Å². The van der Waals surface area contributed by atoms with Crippen molar-refractivity contribution in [2.45, 2.75) is 24.5 Å². The number of aromatic nitrogens is 2. The van der Waals surface area contributed by atoms with Gasteiger partial charge in [-0.3, -0.25) is 0 Å². The van der Waals surface area contributed by atoms with Crippen LogP contribution < -0.4 is 14.3 Å². The second-order valence-corrected chi connectivity index (χ2v) is 7.01. The molecule has 1 saturated heterocycles. The maximum atomic E-state index is 11.6. The molecule has 0 aliphatic carbocycles. The first kappa shape index (κ1) is 13.9. The zero-order valence-electron chi connectivity index (χ0n) is 9.31. The van der Waals surface area contributed by atoms with E-state index in [2.05, 4.69) is 4.98 Å². The predicted molar refractivity (Wildman–Crippen MR) is 54.0 cm³/mol. The molecule has 0 radical (unpaired) electrons. The van der Waals surface area contributed by atoms with Crippen LogP contribution in [0.15, 0.2) is 15.8 Å². The Morgan fingerprint density at radius 3 is 2.61 bits per heavy atom. The van der Waals surface area contributed by atoms with Crippen molar-refractivity contribution in [3.05, 3.63) is 27.0 Å². The first-order chi connectivity index (χ1) is 8.45. The van der Waals surface area contributed by atoms with Crippen LogP contribution in [0, 0.1) is 0 Å². The van der Waals surface area contributed by atoms with Crippen LogP contribution in [0.4, 0.5) is 0 Å². The summed E-state index contributed by atoms with van der Waals surface area (Å²) >= 11 is -0.00337. The van der Waals surface area contributed by atoms with E-state index >= 15 is 0 Å². The molecule has 18 heavy (non-hydrogen) atoms. The van der Waals surface area contributed by atoms with Gasteiger partial charge in [-0.1, -0.05) is 0 Å². The predicted octanol–water partition coefficient (Wildman–Crippen LogP) is -3.68. The van der Waals surface area contributed by atoms with Gasteiger partial charge in [0.05, 0.1) is 0 Å². The number of hydrogen-bond acceptors (Lipinski definition) is 6. The fraction of sp³-hybridized carbons (Fsp3) is 0.556. The van der Waals surface area contributed by atoms with Crippen LogP contribution in [-0.2, 0) is 30.9 Å². The number of rotatable bonds is 2. The normalized spacial score (nSPS) is 31.8. The molecule has 4 N–H and O–H groups in total. The van der Waals surface area contributed by atoms with Crippen molar-refractivity contribution in [3.63, 3.8) is 0 Å². The zero-order chi connectivity index (χ0) is 13.4. The summed E-state index contributed by atoms with van der Waals surface area (Å²) in [7, 11) is 0. The van der Waals surface area contributed by atoms with Crippen molar-refractivity contribution in [1.29, 1.82) is 0 Å². The van der Waals surface area contributed by atoms with E-state index in [4.69, 9.17) is 9.84 Å². The van der Waals surface area contributed by atoms with E-state index in [1.54, 1.807) is 0 Å². The minimum absolute atomic E-state index is 0.00337. The molecule has 1 aliphatic heterocycles. The van der Waals surface area contributed by atoms with Gasteiger partial charge in [0, 0.05) is 0 Å². The van der Waals surface area contributed by atoms with Crippen LogP contribution in [-0.4, -0.2) is 49.8 Å². The van der Waals surface area contributed by atoms with Crippen LogP contribution in [0.5, 0.6) is 0 Å². The molecule has 1 aromatic heterocycles. The number of nitrogens with one attached hydrogen (secondary N) is 1. The third kappa shape index (κ3) is 2.30.